The van der Waals surface area contributed by atoms with Crippen molar-refractivity contribution in [3.8, 4) is 11.5 Å². The average molecular weight is 237 g/mol. The van der Waals surface area contributed by atoms with Gasteiger partial charge in [0.15, 0.2) is 0 Å². The molecule has 0 saturated heterocycles. The zero-order chi connectivity index (χ0) is 13.0. The first kappa shape index (κ1) is 13.4. The Morgan fingerprint density at radius 3 is 2.53 bits per heavy atom. The van der Waals surface area contributed by atoms with Crippen molar-refractivity contribution < 1.29 is 15.0 Å². The standard InChI is InChI=1S/C13H19NO3/c1-4-9(3)14(5-2)13(17)11-8-10(15)6-7-12(11)16/h6-9,15-16H,4-5H2,1-3H3. The molecule has 4 heteroatoms. The Bertz CT molecular complexity index is 404. The Hall–Kier alpha value is -1.71. The molecule has 0 bridgehead atoms. The second kappa shape index (κ2) is 5.57. The number of carbonyl (C=O) groups is 1. The summed E-state index contributed by atoms with van der Waals surface area (Å²) in [6.07, 6.45) is 0.846. The molecule has 0 fully saturated rings. The first-order chi connectivity index (χ1) is 8.01. The first-order valence-electron chi connectivity index (χ1n) is 5.84. The van der Waals surface area contributed by atoms with E-state index < -0.39 is 0 Å². The van der Waals surface area contributed by atoms with Gasteiger partial charge in [0, 0.05) is 12.6 Å². The molecule has 1 unspecified atom stereocenters. The average Bonchev–Trinajstić information content (AvgIpc) is 2.32. The van der Waals surface area contributed by atoms with Crippen LogP contribution in [0.5, 0.6) is 11.5 Å². The van der Waals surface area contributed by atoms with Gasteiger partial charge >= 0.3 is 0 Å². The molecule has 2 N–H and O–H groups in total. The van der Waals surface area contributed by atoms with Gasteiger partial charge in [-0.3, -0.25) is 4.79 Å². The van der Waals surface area contributed by atoms with Crippen LogP contribution in [-0.2, 0) is 0 Å². The van der Waals surface area contributed by atoms with Gasteiger partial charge in [0.2, 0.25) is 0 Å². The molecule has 17 heavy (non-hydrogen) atoms. The summed E-state index contributed by atoms with van der Waals surface area (Å²) in [5.74, 6) is -0.379. The highest BCUT2D eigenvalue weighted by molar-refractivity contribution is 5.97. The lowest BCUT2D eigenvalue weighted by Gasteiger charge is -2.27. The summed E-state index contributed by atoms with van der Waals surface area (Å²) in [6, 6.07) is 4.08. The van der Waals surface area contributed by atoms with Crippen molar-refractivity contribution in [1.82, 2.24) is 4.90 Å². The van der Waals surface area contributed by atoms with Gasteiger partial charge in [-0.25, -0.2) is 0 Å². The Morgan fingerprint density at radius 2 is 2.00 bits per heavy atom. The molecule has 1 amide bonds. The maximum Gasteiger partial charge on any atom is 0.257 e. The monoisotopic (exact) mass is 237 g/mol. The van der Waals surface area contributed by atoms with E-state index >= 15 is 0 Å². The van der Waals surface area contributed by atoms with Crippen LogP contribution in [0.1, 0.15) is 37.6 Å². The van der Waals surface area contributed by atoms with Crippen molar-refractivity contribution in [3.63, 3.8) is 0 Å². The lowest BCUT2D eigenvalue weighted by molar-refractivity contribution is 0.0696. The molecule has 0 aliphatic heterocycles. The quantitative estimate of drug-likeness (QED) is 0.790. The topological polar surface area (TPSA) is 60.8 Å². The van der Waals surface area contributed by atoms with Gasteiger partial charge in [0.25, 0.3) is 5.91 Å². The van der Waals surface area contributed by atoms with Gasteiger partial charge in [-0.2, -0.15) is 0 Å². The van der Waals surface area contributed by atoms with E-state index in [1.54, 1.807) is 4.90 Å². The van der Waals surface area contributed by atoms with E-state index in [-0.39, 0.29) is 29.0 Å². The minimum atomic E-state index is -0.254. The van der Waals surface area contributed by atoms with Gasteiger partial charge < -0.3 is 15.1 Å². The highest BCUT2D eigenvalue weighted by Gasteiger charge is 2.21. The highest BCUT2D eigenvalue weighted by Crippen LogP contribution is 2.24. The van der Waals surface area contributed by atoms with Crippen LogP contribution in [0.25, 0.3) is 0 Å². The van der Waals surface area contributed by atoms with Gasteiger partial charge in [0.05, 0.1) is 5.56 Å². The van der Waals surface area contributed by atoms with Crippen LogP contribution in [0, 0.1) is 0 Å². The molecule has 1 atom stereocenters. The maximum absolute atomic E-state index is 12.2. The molecule has 4 nitrogen and oxygen atoms in total. The first-order valence-corrected chi connectivity index (χ1v) is 5.84. The van der Waals surface area contributed by atoms with Crippen LogP contribution in [0.2, 0.25) is 0 Å². The molecule has 0 aliphatic rings. The third-order valence-electron chi connectivity index (χ3n) is 2.93. The number of hydrogen-bond donors (Lipinski definition) is 2. The Balaban J connectivity index is 3.05. The van der Waals surface area contributed by atoms with E-state index in [9.17, 15) is 15.0 Å². The lowest BCUT2D eigenvalue weighted by Crippen LogP contribution is -2.38. The zero-order valence-electron chi connectivity index (χ0n) is 10.5. The molecule has 1 rings (SSSR count). The van der Waals surface area contributed by atoms with Crippen LogP contribution < -0.4 is 0 Å². The fourth-order valence-corrected chi connectivity index (χ4v) is 1.73. The SMILES string of the molecule is CCC(C)N(CC)C(=O)c1cc(O)ccc1O. The van der Waals surface area contributed by atoms with Gasteiger partial charge in [-0.1, -0.05) is 6.92 Å². The van der Waals surface area contributed by atoms with Gasteiger partial charge in [0.1, 0.15) is 11.5 Å². The fourth-order valence-electron chi connectivity index (χ4n) is 1.73. The highest BCUT2D eigenvalue weighted by atomic mass is 16.3. The predicted molar refractivity (Wildman–Crippen MR) is 66.2 cm³/mol. The number of hydrogen-bond acceptors (Lipinski definition) is 3. The third kappa shape index (κ3) is 2.90. The van der Waals surface area contributed by atoms with E-state index in [1.807, 2.05) is 20.8 Å². The number of rotatable bonds is 4. The number of aromatic hydroxyl groups is 2. The number of phenolic OH excluding ortho intramolecular Hbond substituents is 2. The van der Waals surface area contributed by atoms with Crippen molar-refractivity contribution in [2.45, 2.75) is 33.2 Å². The number of benzene rings is 1. The van der Waals surface area contributed by atoms with Crippen LogP contribution in [0.3, 0.4) is 0 Å². The number of phenols is 2. The van der Waals surface area contributed by atoms with E-state index in [0.29, 0.717) is 6.54 Å². The maximum atomic E-state index is 12.2. The summed E-state index contributed by atoms with van der Waals surface area (Å²) in [7, 11) is 0. The molecule has 0 heterocycles. The van der Waals surface area contributed by atoms with E-state index in [4.69, 9.17) is 0 Å². The summed E-state index contributed by atoms with van der Waals surface area (Å²) in [5.41, 5.74) is 0.146. The van der Waals surface area contributed by atoms with E-state index in [1.165, 1.54) is 18.2 Å². The summed E-state index contributed by atoms with van der Waals surface area (Å²) in [5, 5.41) is 19.0. The normalized spacial score (nSPS) is 12.2. The summed E-state index contributed by atoms with van der Waals surface area (Å²) < 4.78 is 0. The molecular weight excluding hydrogens is 218 g/mol. The molecule has 0 saturated carbocycles. The zero-order valence-corrected chi connectivity index (χ0v) is 10.5. The van der Waals surface area contributed by atoms with Crippen LogP contribution in [0.4, 0.5) is 0 Å². The lowest BCUT2D eigenvalue weighted by atomic mass is 10.1. The molecular formula is C13H19NO3. The van der Waals surface area contributed by atoms with Crippen molar-refractivity contribution in [2.75, 3.05) is 6.54 Å². The fraction of sp³-hybridized carbons (Fsp3) is 0.462. The molecule has 0 aromatic heterocycles. The van der Waals surface area contributed by atoms with Crippen LogP contribution in [0.15, 0.2) is 18.2 Å². The summed E-state index contributed by atoms with van der Waals surface area (Å²) in [6.45, 7) is 6.43. The molecule has 0 radical (unpaired) electrons. The molecule has 1 aromatic rings. The number of amides is 1. The van der Waals surface area contributed by atoms with Crippen molar-refractivity contribution >= 4 is 5.91 Å². The van der Waals surface area contributed by atoms with Crippen LogP contribution in [-0.4, -0.2) is 33.6 Å². The number of nitrogens with zero attached hydrogens (tertiary/aromatic N) is 1. The molecule has 0 spiro atoms. The summed E-state index contributed by atoms with van der Waals surface area (Å²) >= 11 is 0. The molecule has 94 valence electrons. The smallest absolute Gasteiger partial charge is 0.257 e. The third-order valence-corrected chi connectivity index (χ3v) is 2.93. The largest absolute Gasteiger partial charge is 0.508 e. The van der Waals surface area contributed by atoms with Crippen molar-refractivity contribution in [3.05, 3.63) is 23.8 Å². The van der Waals surface area contributed by atoms with Gasteiger partial charge in [-0.15, -0.1) is 0 Å². The van der Waals surface area contributed by atoms with Crippen molar-refractivity contribution in [1.29, 1.82) is 0 Å². The van der Waals surface area contributed by atoms with E-state index in [0.717, 1.165) is 6.42 Å². The molecule has 1 aromatic carbocycles. The number of carbonyl (C=O) groups excluding carboxylic acids is 1. The Morgan fingerprint density at radius 1 is 1.35 bits per heavy atom. The van der Waals surface area contributed by atoms with Crippen LogP contribution >= 0.6 is 0 Å². The second-order valence-corrected chi connectivity index (χ2v) is 4.05. The van der Waals surface area contributed by atoms with Gasteiger partial charge in [-0.05, 0) is 38.5 Å². The molecule has 0 aliphatic carbocycles. The summed E-state index contributed by atoms with van der Waals surface area (Å²) in [4.78, 5) is 13.9. The minimum absolute atomic E-state index is 0.0219. The Labute approximate surface area is 101 Å². The predicted octanol–water partition coefficient (Wildman–Crippen LogP) is 2.36. The second-order valence-electron chi connectivity index (χ2n) is 4.05. The van der Waals surface area contributed by atoms with Crippen molar-refractivity contribution in [2.24, 2.45) is 0 Å². The minimum Gasteiger partial charge on any atom is -0.508 e. The van der Waals surface area contributed by atoms with E-state index in [2.05, 4.69) is 0 Å². The Kier molecular flexibility index (Phi) is 4.37.